The molecule has 2 aromatic heterocycles. The molecule has 108 valence electrons. The molecule has 2 N–H and O–H groups in total. The summed E-state index contributed by atoms with van der Waals surface area (Å²) in [6.07, 6.45) is 4.17. The van der Waals surface area contributed by atoms with E-state index in [0.29, 0.717) is 6.04 Å². The number of imidazole rings is 1. The van der Waals surface area contributed by atoms with Gasteiger partial charge in [-0.2, -0.15) is 0 Å². The van der Waals surface area contributed by atoms with Gasteiger partial charge in [-0.3, -0.25) is 4.90 Å². The number of pyridine rings is 1. The summed E-state index contributed by atoms with van der Waals surface area (Å²) >= 11 is 3.48. The quantitative estimate of drug-likeness (QED) is 0.905. The average molecular weight is 338 g/mol. The van der Waals surface area contributed by atoms with E-state index in [-0.39, 0.29) is 0 Å². The topological polar surface area (TPSA) is 60.0 Å². The molecule has 1 aliphatic rings. The highest BCUT2D eigenvalue weighted by atomic mass is 79.9. The molecule has 3 rings (SSSR count). The first-order valence-electron chi connectivity index (χ1n) is 7.11. The molecule has 1 aliphatic heterocycles. The largest absolute Gasteiger partial charge is 0.329 e. The number of aryl methyl sites for hydroxylation is 2. The van der Waals surface area contributed by atoms with Gasteiger partial charge in [0.2, 0.25) is 0 Å². The van der Waals surface area contributed by atoms with Crippen LogP contribution < -0.4 is 5.73 Å². The lowest BCUT2D eigenvalue weighted by Gasteiger charge is -2.40. The Morgan fingerprint density at radius 1 is 1.45 bits per heavy atom. The van der Waals surface area contributed by atoms with Crippen molar-refractivity contribution in [3.63, 3.8) is 0 Å². The molecule has 3 heterocycles. The Labute approximate surface area is 127 Å². The Hall–Kier alpha value is -0.980. The number of nitrogens with two attached hydrogens (primary N) is 1. The van der Waals surface area contributed by atoms with Crippen molar-refractivity contribution in [2.45, 2.75) is 32.4 Å². The molecule has 0 aliphatic carbocycles. The fraction of sp³-hybridized carbons (Fsp3) is 0.571. The van der Waals surface area contributed by atoms with E-state index in [4.69, 9.17) is 5.73 Å². The van der Waals surface area contributed by atoms with E-state index in [1.165, 1.54) is 13.0 Å². The third-order valence-electron chi connectivity index (χ3n) is 4.13. The number of likely N-dealkylation sites (tertiary alicyclic amines) is 1. The molecule has 1 saturated heterocycles. The zero-order valence-electron chi connectivity index (χ0n) is 11.7. The summed E-state index contributed by atoms with van der Waals surface area (Å²) in [5, 5.41) is 0. The molecule has 0 radical (unpaired) electrons. The Kier molecular flexibility index (Phi) is 4.05. The van der Waals surface area contributed by atoms with Gasteiger partial charge in [0.15, 0.2) is 5.65 Å². The highest BCUT2D eigenvalue weighted by molar-refractivity contribution is 9.10. The molecule has 0 amide bonds. The predicted octanol–water partition coefficient (Wildman–Crippen LogP) is 1.93. The van der Waals surface area contributed by atoms with Crippen LogP contribution in [0.25, 0.3) is 11.2 Å². The van der Waals surface area contributed by atoms with Crippen molar-refractivity contribution in [3.05, 3.63) is 22.6 Å². The van der Waals surface area contributed by atoms with E-state index in [9.17, 15) is 0 Å². The normalized spacial score (nSPS) is 19.4. The fourth-order valence-electron chi connectivity index (χ4n) is 2.86. The Morgan fingerprint density at radius 3 is 3.00 bits per heavy atom. The van der Waals surface area contributed by atoms with Gasteiger partial charge in [-0.1, -0.05) is 0 Å². The van der Waals surface area contributed by atoms with Gasteiger partial charge in [-0.15, -0.1) is 0 Å². The van der Waals surface area contributed by atoms with Crippen LogP contribution >= 0.6 is 15.9 Å². The van der Waals surface area contributed by atoms with Crippen molar-refractivity contribution in [2.75, 3.05) is 19.6 Å². The molecule has 2 aromatic rings. The van der Waals surface area contributed by atoms with Crippen LogP contribution in [-0.2, 0) is 6.54 Å². The lowest BCUT2D eigenvalue weighted by atomic mass is 10.0. The van der Waals surface area contributed by atoms with E-state index < -0.39 is 0 Å². The maximum atomic E-state index is 5.74. The maximum absolute atomic E-state index is 5.74. The van der Waals surface area contributed by atoms with Crippen molar-refractivity contribution in [1.29, 1.82) is 0 Å². The van der Waals surface area contributed by atoms with E-state index in [0.717, 1.165) is 47.5 Å². The number of hydrogen-bond acceptors (Lipinski definition) is 4. The van der Waals surface area contributed by atoms with Crippen molar-refractivity contribution >= 4 is 27.1 Å². The van der Waals surface area contributed by atoms with Crippen LogP contribution in [0.15, 0.2) is 16.7 Å². The Balaban J connectivity index is 1.68. The lowest BCUT2D eigenvalue weighted by Crippen LogP contribution is -2.51. The first kappa shape index (κ1) is 14.0. The minimum absolute atomic E-state index is 0.603. The van der Waals surface area contributed by atoms with Crippen molar-refractivity contribution in [1.82, 2.24) is 19.4 Å². The zero-order valence-corrected chi connectivity index (χ0v) is 13.3. The highest BCUT2D eigenvalue weighted by Crippen LogP contribution is 2.20. The molecule has 0 unspecified atom stereocenters. The van der Waals surface area contributed by atoms with Crippen LogP contribution in [0.4, 0.5) is 0 Å². The van der Waals surface area contributed by atoms with Gasteiger partial charge in [0.1, 0.15) is 5.82 Å². The van der Waals surface area contributed by atoms with Crippen LogP contribution in [-0.4, -0.2) is 45.1 Å². The minimum Gasteiger partial charge on any atom is -0.329 e. The Morgan fingerprint density at radius 2 is 2.30 bits per heavy atom. The van der Waals surface area contributed by atoms with Crippen LogP contribution in [0.1, 0.15) is 18.7 Å². The molecule has 5 nitrogen and oxygen atoms in total. The average Bonchev–Trinajstić information content (AvgIpc) is 2.69. The SMILES string of the molecule is Cc1nc2ncc(Br)cc2n1CCCN1CC[C@H]1CN. The first-order chi connectivity index (χ1) is 9.69. The number of nitrogens with zero attached hydrogens (tertiary/aromatic N) is 4. The van der Waals surface area contributed by atoms with Crippen molar-refractivity contribution in [2.24, 2.45) is 5.73 Å². The van der Waals surface area contributed by atoms with Crippen molar-refractivity contribution < 1.29 is 0 Å². The van der Waals surface area contributed by atoms with E-state index in [1.807, 2.05) is 6.92 Å². The second-order valence-electron chi connectivity index (χ2n) is 5.37. The predicted molar refractivity (Wildman–Crippen MR) is 83.6 cm³/mol. The summed E-state index contributed by atoms with van der Waals surface area (Å²) in [4.78, 5) is 11.3. The summed E-state index contributed by atoms with van der Waals surface area (Å²) in [5.41, 5.74) is 7.67. The molecular weight excluding hydrogens is 318 g/mol. The molecule has 6 heteroatoms. The van der Waals surface area contributed by atoms with Gasteiger partial charge < -0.3 is 10.3 Å². The van der Waals surface area contributed by atoms with Crippen LogP contribution in [0.5, 0.6) is 0 Å². The fourth-order valence-corrected chi connectivity index (χ4v) is 3.18. The number of aromatic nitrogens is 3. The maximum Gasteiger partial charge on any atom is 0.177 e. The summed E-state index contributed by atoms with van der Waals surface area (Å²) in [7, 11) is 0. The van der Waals surface area contributed by atoms with Crippen LogP contribution in [0.2, 0.25) is 0 Å². The second kappa shape index (κ2) is 5.79. The van der Waals surface area contributed by atoms with Crippen molar-refractivity contribution in [3.8, 4) is 0 Å². The van der Waals surface area contributed by atoms with Gasteiger partial charge in [-0.05, 0) is 41.8 Å². The summed E-state index contributed by atoms with van der Waals surface area (Å²) in [6, 6.07) is 2.70. The highest BCUT2D eigenvalue weighted by Gasteiger charge is 2.25. The second-order valence-corrected chi connectivity index (χ2v) is 6.29. The molecule has 0 saturated carbocycles. The zero-order chi connectivity index (χ0) is 14.1. The summed E-state index contributed by atoms with van der Waals surface area (Å²) < 4.78 is 3.25. The summed E-state index contributed by atoms with van der Waals surface area (Å²) in [6.45, 7) is 6.11. The first-order valence-corrected chi connectivity index (χ1v) is 7.91. The van der Waals surface area contributed by atoms with Crippen LogP contribution in [0.3, 0.4) is 0 Å². The monoisotopic (exact) mass is 337 g/mol. The Bertz CT molecular complexity index is 607. The van der Waals surface area contributed by atoms with E-state index in [2.05, 4.69) is 41.4 Å². The molecule has 0 spiro atoms. The standard InChI is InChI=1S/C14H20BrN5/c1-10-18-14-13(7-11(15)9-17-14)20(10)5-2-4-19-6-3-12(19)8-16/h7,9,12H,2-6,8,16H2,1H3/t12-/m0/s1. The molecule has 20 heavy (non-hydrogen) atoms. The van der Waals surface area contributed by atoms with E-state index in [1.54, 1.807) is 6.20 Å². The third-order valence-corrected chi connectivity index (χ3v) is 4.56. The van der Waals surface area contributed by atoms with Crippen LogP contribution in [0, 0.1) is 6.92 Å². The number of rotatable bonds is 5. The number of halogens is 1. The minimum atomic E-state index is 0.603. The van der Waals surface area contributed by atoms with Gasteiger partial charge in [0.25, 0.3) is 0 Å². The molecule has 1 atom stereocenters. The van der Waals surface area contributed by atoms with E-state index >= 15 is 0 Å². The third kappa shape index (κ3) is 2.60. The van der Waals surface area contributed by atoms with Gasteiger partial charge >= 0.3 is 0 Å². The van der Waals surface area contributed by atoms with Gasteiger partial charge in [-0.25, -0.2) is 9.97 Å². The lowest BCUT2D eigenvalue weighted by molar-refractivity contribution is 0.0940. The molecule has 0 aromatic carbocycles. The number of fused-ring (bicyclic) bond motifs is 1. The smallest absolute Gasteiger partial charge is 0.177 e. The molecule has 0 bridgehead atoms. The van der Waals surface area contributed by atoms with Gasteiger partial charge in [0.05, 0.1) is 5.52 Å². The molecular formula is C14H20BrN5. The summed E-state index contributed by atoms with van der Waals surface area (Å²) in [5.74, 6) is 1.03. The number of hydrogen-bond donors (Lipinski definition) is 1. The van der Waals surface area contributed by atoms with Gasteiger partial charge in [0, 0.05) is 42.9 Å². The molecule has 1 fully saturated rings.